The van der Waals surface area contributed by atoms with E-state index in [-0.39, 0.29) is 11.1 Å². The molecule has 122 valence electrons. The van der Waals surface area contributed by atoms with Crippen molar-refractivity contribution in [1.82, 2.24) is 5.06 Å². The minimum Gasteiger partial charge on any atom is -0.328 e. The molecule has 1 unspecified atom stereocenters. The van der Waals surface area contributed by atoms with Crippen molar-refractivity contribution in [3.8, 4) is 0 Å². The SMILES string of the molecule is N[C@H](C(=O)ON1C(=O)c2ccccc2C1=O)C(Br)c1ccccc1. The van der Waals surface area contributed by atoms with Crippen LogP contribution in [0.5, 0.6) is 0 Å². The molecule has 0 aromatic heterocycles. The third kappa shape index (κ3) is 2.83. The van der Waals surface area contributed by atoms with E-state index in [4.69, 9.17) is 10.6 Å². The smallest absolute Gasteiger partial charge is 0.328 e. The molecular weight excluding hydrogens is 376 g/mol. The van der Waals surface area contributed by atoms with Gasteiger partial charge < -0.3 is 10.6 Å². The minimum absolute atomic E-state index is 0.197. The standard InChI is InChI=1S/C17H13BrN2O4/c18-13(10-6-2-1-3-7-10)14(19)17(23)24-20-15(21)11-8-4-5-9-12(11)16(20)22/h1-9,13-14H,19H2/t13?,14-/m0/s1. The summed E-state index contributed by atoms with van der Waals surface area (Å²) < 4.78 is 0. The Morgan fingerprint density at radius 1 is 0.958 bits per heavy atom. The number of halogens is 1. The third-order valence-electron chi connectivity index (χ3n) is 3.64. The fourth-order valence-corrected chi connectivity index (χ4v) is 2.89. The van der Waals surface area contributed by atoms with Crippen molar-refractivity contribution in [3.63, 3.8) is 0 Å². The van der Waals surface area contributed by atoms with Gasteiger partial charge in [0.05, 0.1) is 16.0 Å². The number of fused-ring (bicyclic) bond motifs is 1. The molecule has 2 N–H and O–H groups in total. The first-order chi connectivity index (χ1) is 11.5. The van der Waals surface area contributed by atoms with Crippen LogP contribution in [0.15, 0.2) is 54.6 Å². The lowest BCUT2D eigenvalue weighted by atomic mass is 10.1. The van der Waals surface area contributed by atoms with E-state index in [1.165, 1.54) is 12.1 Å². The molecule has 1 aliphatic heterocycles. The highest BCUT2D eigenvalue weighted by atomic mass is 79.9. The lowest BCUT2D eigenvalue weighted by Gasteiger charge is -2.20. The lowest BCUT2D eigenvalue weighted by Crippen LogP contribution is -2.42. The van der Waals surface area contributed by atoms with Gasteiger partial charge in [-0.3, -0.25) is 9.59 Å². The fourth-order valence-electron chi connectivity index (χ4n) is 2.36. The summed E-state index contributed by atoms with van der Waals surface area (Å²) in [6.45, 7) is 0. The van der Waals surface area contributed by atoms with Gasteiger partial charge in [0.2, 0.25) is 0 Å². The predicted octanol–water partition coefficient (Wildman–Crippen LogP) is 2.20. The lowest BCUT2D eigenvalue weighted by molar-refractivity contribution is -0.170. The number of hydrogen-bond donors (Lipinski definition) is 1. The molecule has 0 saturated carbocycles. The van der Waals surface area contributed by atoms with E-state index in [0.717, 1.165) is 5.56 Å². The van der Waals surface area contributed by atoms with Gasteiger partial charge in [-0.15, -0.1) is 0 Å². The number of rotatable bonds is 4. The van der Waals surface area contributed by atoms with E-state index in [0.29, 0.717) is 5.06 Å². The average Bonchev–Trinajstić information content (AvgIpc) is 2.86. The Morgan fingerprint density at radius 2 is 1.46 bits per heavy atom. The molecular formula is C17H13BrN2O4. The normalized spacial score (nSPS) is 15.8. The van der Waals surface area contributed by atoms with E-state index >= 15 is 0 Å². The molecule has 0 saturated heterocycles. The zero-order valence-electron chi connectivity index (χ0n) is 12.4. The van der Waals surface area contributed by atoms with Crippen LogP contribution in [0.2, 0.25) is 0 Å². The number of nitrogens with two attached hydrogens (primary N) is 1. The molecule has 7 heteroatoms. The van der Waals surface area contributed by atoms with Crippen molar-refractivity contribution in [3.05, 3.63) is 71.3 Å². The highest BCUT2D eigenvalue weighted by Crippen LogP contribution is 2.27. The van der Waals surface area contributed by atoms with Crippen LogP contribution in [-0.4, -0.2) is 28.9 Å². The number of carbonyl (C=O) groups is 3. The van der Waals surface area contributed by atoms with Crippen molar-refractivity contribution >= 4 is 33.7 Å². The van der Waals surface area contributed by atoms with Crippen LogP contribution in [-0.2, 0) is 9.63 Å². The van der Waals surface area contributed by atoms with Crippen LogP contribution < -0.4 is 5.73 Å². The van der Waals surface area contributed by atoms with Gasteiger partial charge in [0.15, 0.2) is 0 Å². The Balaban J connectivity index is 1.74. The van der Waals surface area contributed by atoms with Gasteiger partial charge in [0, 0.05) is 0 Å². The van der Waals surface area contributed by atoms with Gasteiger partial charge in [0.25, 0.3) is 11.8 Å². The van der Waals surface area contributed by atoms with E-state index in [9.17, 15) is 14.4 Å². The second kappa shape index (κ2) is 6.54. The predicted molar refractivity (Wildman–Crippen MR) is 89.1 cm³/mol. The summed E-state index contributed by atoms with van der Waals surface area (Å²) in [6.07, 6.45) is 0. The summed E-state index contributed by atoms with van der Waals surface area (Å²) in [5, 5.41) is 0.456. The molecule has 6 nitrogen and oxygen atoms in total. The molecule has 2 aromatic carbocycles. The highest BCUT2D eigenvalue weighted by Gasteiger charge is 2.40. The average molecular weight is 389 g/mol. The number of imide groups is 1. The molecule has 2 aromatic rings. The second-order valence-corrected chi connectivity index (χ2v) is 6.19. The monoisotopic (exact) mass is 388 g/mol. The maximum absolute atomic E-state index is 12.2. The van der Waals surface area contributed by atoms with Gasteiger partial charge >= 0.3 is 5.97 Å². The van der Waals surface area contributed by atoms with Gasteiger partial charge in [-0.2, -0.15) is 0 Å². The Labute approximate surface area is 146 Å². The summed E-state index contributed by atoms with van der Waals surface area (Å²) in [5.41, 5.74) is 7.07. The topological polar surface area (TPSA) is 89.7 Å². The number of amides is 2. The van der Waals surface area contributed by atoms with E-state index in [1.54, 1.807) is 24.3 Å². The quantitative estimate of drug-likeness (QED) is 0.640. The first-order valence-electron chi connectivity index (χ1n) is 7.15. The van der Waals surface area contributed by atoms with Gasteiger partial charge in [-0.1, -0.05) is 63.5 Å². The molecule has 2 amide bonds. The summed E-state index contributed by atoms with van der Waals surface area (Å²) in [6, 6.07) is 14.2. The molecule has 24 heavy (non-hydrogen) atoms. The number of carbonyl (C=O) groups excluding carboxylic acids is 3. The first kappa shape index (κ1) is 16.4. The first-order valence-corrected chi connectivity index (χ1v) is 8.06. The molecule has 0 spiro atoms. The van der Waals surface area contributed by atoms with Crippen molar-refractivity contribution in [2.75, 3.05) is 0 Å². The van der Waals surface area contributed by atoms with Crippen LogP contribution >= 0.6 is 15.9 Å². The second-order valence-electron chi connectivity index (χ2n) is 5.20. The van der Waals surface area contributed by atoms with Crippen molar-refractivity contribution in [1.29, 1.82) is 0 Å². The van der Waals surface area contributed by atoms with Gasteiger partial charge in [-0.25, -0.2) is 4.79 Å². The maximum Gasteiger partial charge on any atom is 0.351 e. The van der Waals surface area contributed by atoms with Crippen molar-refractivity contribution in [2.24, 2.45) is 5.73 Å². The molecule has 0 fully saturated rings. The highest BCUT2D eigenvalue weighted by molar-refractivity contribution is 9.09. The van der Waals surface area contributed by atoms with Crippen LogP contribution in [0.3, 0.4) is 0 Å². The molecule has 3 rings (SSSR count). The van der Waals surface area contributed by atoms with Gasteiger partial charge in [0.1, 0.15) is 6.04 Å². The molecule has 0 radical (unpaired) electrons. The number of alkyl halides is 1. The molecule has 1 aliphatic rings. The fraction of sp³-hybridized carbons (Fsp3) is 0.118. The Kier molecular flexibility index (Phi) is 4.46. The van der Waals surface area contributed by atoms with Crippen molar-refractivity contribution < 1.29 is 19.2 Å². The number of hydrogen-bond acceptors (Lipinski definition) is 5. The van der Waals surface area contributed by atoms with Crippen LogP contribution in [0, 0.1) is 0 Å². The minimum atomic E-state index is -1.09. The summed E-state index contributed by atoms with van der Waals surface area (Å²) in [7, 11) is 0. The maximum atomic E-state index is 12.2. The zero-order valence-corrected chi connectivity index (χ0v) is 14.0. The summed E-state index contributed by atoms with van der Waals surface area (Å²) in [4.78, 5) is 41.0. The third-order valence-corrected chi connectivity index (χ3v) is 4.74. The van der Waals surface area contributed by atoms with Crippen LogP contribution in [0.4, 0.5) is 0 Å². The zero-order chi connectivity index (χ0) is 17.3. The number of benzene rings is 2. The number of hydroxylamine groups is 2. The van der Waals surface area contributed by atoms with E-state index in [2.05, 4.69) is 15.9 Å². The Hall–Kier alpha value is -2.51. The van der Waals surface area contributed by atoms with E-state index < -0.39 is 28.7 Å². The Bertz CT molecular complexity index is 774. The van der Waals surface area contributed by atoms with Gasteiger partial charge in [-0.05, 0) is 17.7 Å². The van der Waals surface area contributed by atoms with Crippen molar-refractivity contribution in [2.45, 2.75) is 10.9 Å². The summed E-state index contributed by atoms with van der Waals surface area (Å²) in [5.74, 6) is -2.24. The Morgan fingerprint density at radius 3 is 2.00 bits per heavy atom. The largest absolute Gasteiger partial charge is 0.351 e. The molecule has 2 atom stereocenters. The molecule has 1 heterocycles. The number of nitrogens with zero attached hydrogens (tertiary/aromatic N) is 1. The molecule has 0 aliphatic carbocycles. The van der Waals surface area contributed by atoms with Crippen LogP contribution in [0.25, 0.3) is 0 Å². The van der Waals surface area contributed by atoms with Crippen LogP contribution in [0.1, 0.15) is 31.1 Å². The molecule has 0 bridgehead atoms. The van der Waals surface area contributed by atoms with E-state index in [1.807, 2.05) is 18.2 Å². The summed E-state index contributed by atoms with van der Waals surface area (Å²) >= 11 is 3.35.